The van der Waals surface area contributed by atoms with E-state index < -0.39 is 0 Å². The molecule has 2 N–H and O–H groups in total. The predicted molar refractivity (Wildman–Crippen MR) is 56.8 cm³/mol. The highest BCUT2D eigenvalue weighted by molar-refractivity contribution is 5.80. The van der Waals surface area contributed by atoms with Crippen LogP contribution in [0.2, 0.25) is 0 Å². The van der Waals surface area contributed by atoms with Gasteiger partial charge in [-0.25, -0.2) is 0 Å². The number of rotatable bonds is 4. The predicted octanol–water partition coefficient (Wildman–Crippen LogP) is 0.911. The van der Waals surface area contributed by atoms with Crippen molar-refractivity contribution in [3.8, 4) is 0 Å². The van der Waals surface area contributed by atoms with Gasteiger partial charge in [0.05, 0.1) is 6.04 Å². The molecular formula is C11H16N2O. The zero-order valence-corrected chi connectivity index (χ0v) is 8.58. The van der Waals surface area contributed by atoms with E-state index in [1.54, 1.807) is 7.05 Å². The second-order valence-corrected chi connectivity index (χ2v) is 3.20. The van der Waals surface area contributed by atoms with Gasteiger partial charge in [-0.05, 0) is 12.5 Å². The van der Waals surface area contributed by atoms with E-state index in [0.29, 0.717) is 0 Å². The molecule has 0 spiro atoms. The van der Waals surface area contributed by atoms with Crippen molar-refractivity contribution >= 4 is 5.91 Å². The van der Waals surface area contributed by atoms with Gasteiger partial charge in [0.1, 0.15) is 0 Å². The Morgan fingerprint density at radius 1 is 1.36 bits per heavy atom. The number of hydrogen-bond acceptors (Lipinski definition) is 2. The number of carbonyl (C=O) groups is 1. The lowest BCUT2D eigenvalue weighted by Crippen LogP contribution is -2.40. The summed E-state index contributed by atoms with van der Waals surface area (Å²) in [7, 11) is 1.64. The van der Waals surface area contributed by atoms with E-state index in [4.69, 9.17) is 0 Å². The van der Waals surface area contributed by atoms with Crippen molar-refractivity contribution in [2.24, 2.45) is 0 Å². The first-order valence-corrected chi connectivity index (χ1v) is 4.73. The van der Waals surface area contributed by atoms with Crippen LogP contribution in [0.15, 0.2) is 30.3 Å². The van der Waals surface area contributed by atoms with Crippen LogP contribution in [-0.4, -0.2) is 19.0 Å². The Labute approximate surface area is 84.5 Å². The van der Waals surface area contributed by atoms with E-state index in [2.05, 4.69) is 10.6 Å². The molecule has 1 rings (SSSR count). The van der Waals surface area contributed by atoms with E-state index in [-0.39, 0.29) is 11.9 Å². The number of carbonyl (C=O) groups excluding carboxylic acids is 1. The van der Waals surface area contributed by atoms with Crippen LogP contribution in [0.5, 0.6) is 0 Å². The normalized spacial score (nSPS) is 12.1. The smallest absolute Gasteiger partial charge is 0.236 e. The van der Waals surface area contributed by atoms with Gasteiger partial charge in [-0.2, -0.15) is 0 Å². The fraction of sp³-hybridized carbons (Fsp3) is 0.364. The topological polar surface area (TPSA) is 41.1 Å². The lowest BCUT2D eigenvalue weighted by molar-refractivity contribution is -0.122. The van der Waals surface area contributed by atoms with Crippen LogP contribution in [0.1, 0.15) is 12.5 Å². The molecule has 14 heavy (non-hydrogen) atoms. The third-order valence-electron chi connectivity index (χ3n) is 2.09. The molecule has 0 heterocycles. The first-order chi connectivity index (χ1) is 6.74. The van der Waals surface area contributed by atoms with Crippen molar-refractivity contribution in [1.29, 1.82) is 0 Å². The molecular weight excluding hydrogens is 176 g/mol. The van der Waals surface area contributed by atoms with Crippen LogP contribution in [0, 0.1) is 0 Å². The molecule has 1 aromatic rings. The Balaban J connectivity index is 2.38. The van der Waals surface area contributed by atoms with E-state index in [0.717, 1.165) is 6.54 Å². The van der Waals surface area contributed by atoms with Gasteiger partial charge in [-0.15, -0.1) is 0 Å². The standard InChI is InChI=1S/C11H16N2O/c1-9(11(14)12-2)13-8-10-6-4-3-5-7-10/h3-7,9,13H,8H2,1-2H3,(H,12,14)/t9-/m1/s1. The largest absolute Gasteiger partial charge is 0.358 e. The molecule has 0 saturated heterocycles. The number of hydrogen-bond donors (Lipinski definition) is 2. The SMILES string of the molecule is CNC(=O)[C@@H](C)NCc1ccccc1. The summed E-state index contributed by atoms with van der Waals surface area (Å²) >= 11 is 0. The molecule has 0 unspecified atom stereocenters. The zero-order valence-electron chi connectivity index (χ0n) is 8.58. The lowest BCUT2D eigenvalue weighted by atomic mass is 10.2. The van der Waals surface area contributed by atoms with Gasteiger partial charge < -0.3 is 10.6 Å². The monoisotopic (exact) mass is 192 g/mol. The molecule has 0 bridgehead atoms. The minimum Gasteiger partial charge on any atom is -0.358 e. The fourth-order valence-electron chi connectivity index (χ4n) is 1.18. The third-order valence-corrected chi connectivity index (χ3v) is 2.09. The molecule has 3 heteroatoms. The summed E-state index contributed by atoms with van der Waals surface area (Å²) in [6.45, 7) is 2.57. The molecule has 76 valence electrons. The fourth-order valence-corrected chi connectivity index (χ4v) is 1.18. The molecule has 1 aromatic carbocycles. The maximum absolute atomic E-state index is 11.2. The van der Waals surface area contributed by atoms with Crippen molar-refractivity contribution < 1.29 is 4.79 Å². The molecule has 0 aliphatic carbocycles. The highest BCUT2D eigenvalue weighted by Crippen LogP contribution is 1.97. The molecule has 1 amide bonds. The minimum atomic E-state index is -0.153. The molecule has 0 fully saturated rings. The number of benzene rings is 1. The number of nitrogens with one attached hydrogen (secondary N) is 2. The second kappa shape index (κ2) is 5.40. The molecule has 1 atom stereocenters. The van der Waals surface area contributed by atoms with E-state index >= 15 is 0 Å². The summed E-state index contributed by atoms with van der Waals surface area (Å²) in [4.78, 5) is 11.2. The molecule has 0 aromatic heterocycles. The maximum Gasteiger partial charge on any atom is 0.236 e. The van der Waals surface area contributed by atoms with Crippen LogP contribution in [0.25, 0.3) is 0 Å². The Bertz CT molecular complexity index is 285. The first-order valence-electron chi connectivity index (χ1n) is 4.73. The van der Waals surface area contributed by atoms with Crippen molar-refractivity contribution in [3.63, 3.8) is 0 Å². The molecule has 0 radical (unpaired) electrons. The third kappa shape index (κ3) is 3.18. The van der Waals surface area contributed by atoms with Crippen LogP contribution in [-0.2, 0) is 11.3 Å². The molecule has 0 saturated carbocycles. The van der Waals surface area contributed by atoms with Gasteiger partial charge in [0.2, 0.25) is 5.91 Å². The van der Waals surface area contributed by atoms with Gasteiger partial charge in [-0.3, -0.25) is 4.79 Å². The second-order valence-electron chi connectivity index (χ2n) is 3.20. The van der Waals surface area contributed by atoms with Gasteiger partial charge in [0.25, 0.3) is 0 Å². The van der Waals surface area contributed by atoms with Crippen LogP contribution in [0.3, 0.4) is 0 Å². The van der Waals surface area contributed by atoms with E-state index in [9.17, 15) is 4.79 Å². The van der Waals surface area contributed by atoms with Gasteiger partial charge in [-0.1, -0.05) is 30.3 Å². The average molecular weight is 192 g/mol. The molecule has 0 aliphatic rings. The summed E-state index contributed by atoms with van der Waals surface area (Å²) in [5.74, 6) is 0.0148. The van der Waals surface area contributed by atoms with Crippen molar-refractivity contribution in [1.82, 2.24) is 10.6 Å². The summed E-state index contributed by atoms with van der Waals surface area (Å²) in [6.07, 6.45) is 0. The Morgan fingerprint density at radius 2 is 2.00 bits per heavy atom. The molecule has 3 nitrogen and oxygen atoms in total. The molecule has 0 aliphatic heterocycles. The lowest BCUT2D eigenvalue weighted by Gasteiger charge is -2.11. The van der Waals surface area contributed by atoms with Crippen molar-refractivity contribution in [2.45, 2.75) is 19.5 Å². The Hall–Kier alpha value is -1.35. The Morgan fingerprint density at radius 3 is 2.57 bits per heavy atom. The van der Waals surface area contributed by atoms with E-state index in [1.807, 2.05) is 37.3 Å². The average Bonchev–Trinajstić information content (AvgIpc) is 2.26. The minimum absolute atomic E-state index is 0.0148. The summed E-state index contributed by atoms with van der Waals surface area (Å²) in [6, 6.07) is 9.86. The summed E-state index contributed by atoms with van der Waals surface area (Å²) < 4.78 is 0. The highest BCUT2D eigenvalue weighted by atomic mass is 16.2. The number of amides is 1. The van der Waals surface area contributed by atoms with Crippen LogP contribution >= 0.6 is 0 Å². The van der Waals surface area contributed by atoms with Crippen molar-refractivity contribution in [3.05, 3.63) is 35.9 Å². The van der Waals surface area contributed by atoms with Crippen LogP contribution < -0.4 is 10.6 Å². The van der Waals surface area contributed by atoms with Gasteiger partial charge >= 0.3 is 0 Å². The first kappa shape index (κ1) is 10.7. The maximum atomic E-state index is 11.2. The van der Waals surface area contributed by atoms with Gasteiger partial charge in [0.15, 0.2) is 0 Å². The van der Waals surface area contributed by atoms with Gasteiger partial charge in [0, 0.05) is 13.6 Å². The quantitative estimate of drug-likeness (QED) is 0.744. The zero-order chi connectivity index (χ0) is 10.4. The van der Waals surface area contributed by atoms with Crippen molar-refractivity contribution in [2.75, 3.05) is 7.05 Å². The van der Waals surface area contributed by atoms with E-state index in [1.165, 1.54) is 5.56 Å². The summed E-state index contributed by atoms with van der Waals surface area (Å²) in [5.41, 5.74) is 1.18. The number of likely N-dealkylation sites (N-methyl/N-ethyl adjacent to an activating group) is 1. The summed E-state index contributed by atoms with van der Waals surface area (Å²) in [5, 5.41) is 5.74. The highest BCUT2D eigenvalue weighted by Gasteiger charge is 2.08. The Kier molecular flexibility index (Phi) is 4.13. The van der Waals surface area contributed by atoms with Crippen LogP contribution in [0.4, 0.5) is 0 Å².